The fraction of sp³-hybridized carbons (Fsp3) is 0.0952. The van der Waals surface area contributed by atoms with Crippen LogP contribution in [0.5, 0.6) is 0 Å². The zero-order valence-corrected chi connectivity index (χ0v) is 16.2. The molecule has 2 amide bonds. The maximum atomic E-state index is 12.5. The number of urea groups is 1. The van der Waals surface area contributed by atoms with Gasteiger partial charge >= 0.3 is 6.03 Å². The molecular weight excluding hydrogens is 376 g/mol. The fourth-order valence-corrected chi connectivity index (χ4v) is 3.58. The first kappa shape index (κ1) is 19.6. The molecule has 3 rings (SSSR count). The first-order valence-corrected chi connectivity index (χ1v) is 10.0. The third-order valence-electron chi connectivity index (χ3n) is 4.27. The quantitative estimate of drug-likeness (QED) is 0.549. The number of hydrogen-bond acceptors (Lipinski definition) is 3. The van der Waals surface area contributed by atoms with E-state index in [0.29, 0.717) is 22.5 Å². The van der Waals surface area contributed by atoms with Crippen molar-refractivity contribution in [3.8, 4) is 11.1 Å². The number of hydrogen-bond donors (Lipinski definition) is 3. The molecular formula is C21H20N2O4S. The molecule has 0 aliphatic heterocycles. The Balaban J connectivity index is 1.98. The van der Waals surface area contributed by atoms with Gasteiger partial charge in [0.1, 0.15) is 4.90 Å². The Kier molecular flexibility index (Phi) is 5.48. The van der Waals surface area contributed by atoms with E-state index < -0.39 is 16.1 Å². The topological polar surface area (TPSA) is 95.5 Å². The van der Waals surface area contributed by atoms with E-state index in [9.17, 15) is 17.8 Å². The summed E-state index contributed by atoms with van der Waals surface area (Å²) in [7, 11) is -4.43. The highest BCUT2D eigenvalue weighted by atomic mass is 32.2. The molecule has 0 fully saturated rings. The molecule has 28 heavy (non-hydrogen) atoms. The Morgan fingerprint density at radius 3 is 2.11 bits per heavy atom. The molecule has 3 N–H and O–H groups in total. The van der Waals surface area contributed by atoms with E-state index in [2.05, 4.69) is 10.6 Å². The largest absolute Gasteiger partial charge is 0.323 e. The van der Waals surface area contributed by atoms with Gasteiger partial charge in [0.25, 0.3) is 10.1 Å². The van der Waals surface area contributed by atoms with Gasteiger partial charge in [-0.1, -0.05) is 48.0 Å². The summed E-state index contributed by atoms with van der Waals surface area (Å²) in [5.41, 5.74) is 3.63. The van der Waals surface area contributed by atoms with E-state index >= 15 is 0 Å². The highest BCUT2D eigenvalue weighted by molar-refractivity contribution is 7.86. The minimum absolute atomic E-state index is 0.216. The number of amides is 2. The monoisotopic (exact) mass is 396 g/mol. The van der Waals surface area contributed by atoms with Gasteiger partial charge in [0.2, 0.25) is 0 Å². The van der Waals surface area contributed by atoms with Gasteiger partial charge < -0.3 is 10.6 Å². The SMILES string of the molecule is Cc1ccc(S(=O)(=O)O)c(-c2ccccc2NC(=O)Nc2ccccc2C)c1. The van der Waals surface area contributed by atoms with Crippen LogP contribution < -0.4 is 10.6 Å². The Bertz CT molecular complexity index is 1140. The summed E-state index contributed by atoms with van der Waals surface area (Å²) in [4.78, 5) is 12.3. The van der Waals surface area contributed by atoms with Gasteiger partial charge in [0, 0.05) is 16.8 Å². The Hall–Kier alpha value is -3.16. The highest BCUT2D eigenvalue weighted by Gasteiger charge is 2.19. The number of carbonyl (C=O) groups is 1. The van der Waals surface area contributed by atoms with Gasteiger partial charge in [0.15, 0.2) is 0 Å². The predicted octanol–water partition coefficient (Wildman–Crippen LogP) is 4.86. The molecule has 3 aromatic rings. The van der Waals surface area contributed by atoms with Gasteiger partial charge in [0.05, 0.1) is 5.69 Å². The van der Waals surface area contributed by atoms with Crippen molar-refractivity contribution in [3.05, 3.63) is 77.9 Å². The molecule has 0 saturated carbocycles. The molecule has 0 atom stereocenters. The molecule has 3 aromatic carbocycles. The summed E-state index contributed by atoms with van der Waals surface area (Å²) in [5, 5.41) is 5.53. The van der Waals surface area contributed by atoms with Crippen molar-refractivity contribution < 1.29 is 17.8 Å². The van der Waals surface area contributed by atoms with Crippen LogP contribution in [0.25, 0.3) is 11.1 Å². The predicted molar refractivity (Wildman–Crippen MR) is 110 cm³/mol. The molecule has 0 heterocycles. The van der Waals surface area contributed by atoms with Gasteiger partial charge in [-0.25, -0.2) is 4.79 Å². The van der Waals surface area contributed by atoms with Gasteiger partial charge in [-0.15, -0.1) is 0 Å². The average molecular weight is 396 g/mol. The number of para-hydroxylation sites is 2. The van der Waals surface area contributed by atoms with Crippen LogP contribution in [-0.2, 0) is 10.1 Å². The van der Waals surface area contributed by atoms with Crippen LogP contribution in [0.1, 0.15) is 11.1 Å². The second kappa shape index (κ2) is 7.84. The first-order chi connectivity index (χ1) is 13.3. The zero-order valence-electron chi connectivity index (χ0n) is 15.4. The van der Waals surface area contributed by atoms with E-state index in [-0.39, 0.29) is 4.90 Å². The number of carbonyl (C=O) groups excluding carboxylic acids is 1. The molecule has 0 saturated heterocycles. The third-order valence-corrected chi connectivity index (χ3v) is 5.18. The maximum Gasteiger partial charge on any atom is 0.323 e. The van der Waals surface area contributed by atoms with Gasteiger partial charge in [-0.3, -0.25) is 4.55 Å². The smallest absolute Gasteiger partial charge is 0.307 e. The lowest BCUT2D eigenvalue weighted by Gasteiger charge is -2.15. The number of anilines is 2. The molecule has 7 heteroatoms. The summed E-state index contributed by atoms with van der Waals surface area (Å²) < 4.78 is 33.2. The van der Waals surface area contributed by atoms with Crippen molar-refractivity contribution in [2.75, 3.05) is 10.6 Å². The van der Waals surface area contributed by atoms with Gasteiger partial charge in [-0.05, 0) is 43.7 Å². The summed E-state index contributed by atoms with van der Waals surface area (Å²) >= 11 is 0. The van der Waals surface area contributed by atoms with Crippen molar-refractivity contribution in [1.82, 2.24) is 0 Å². The zero-order chi connectivity index (χ0) is 20.3. The lowest BCUT2D eigenvalue weighted by molar-refractivity contribution is 0.262. The van der Waals surface area contributed by atoms with Crippen molar-refractivity contribution in [2.45, 2.75) is 18.7 Å². The second-order valence-electron chi connectivity index (χ2n) is 6.41. The molecule has 0 spiro atoms. The minimum Gasteiger partial charge on any atom is -0.307 e. The van der Waals surface area contributed by atoms with Crippen molar-refractivity contribution in [1.29, 1.82) is 0 Å². The highest BCUT2D eigenvalue weighted by Crippen LogP contribution is 2.33. The van der Waals surface area contributed by atoms with Crippen LogP contribution in [0, 0.1) is 13.8 Å². The number of nitrogens with one attached hydrogen (secondary N) is 2. The van der Waals surface area contributed by atoms with Gasteiger partial charge in [-0.2, -0.15) is 8.42 Å². The molecule has 6 nitrogen and oxygen atoms in total. The van der Waals surface area contributed by atoms with E-state index in [1.807, 2.05) is 32.0 Å². The van der Waals surface area contributed by atoms with E-state index in [0.717, 1.165) is 11.1 Å². The summed E-state index contributed by atoms with van der Waals surface area (Å²) in [5.74, 6) is 0. The fourth-order valence-electron chi connectivity index (χ4n) is 2.90. The standard InChI is InChI=1S/C21H20N2O4S/c1-14-11-12-20(28(25,26)27)17(13-14)16-8-4-6-10-19(16)23-21(24)22-18-9-5-3-7-15(18)2/h3-13H,1-2H3,(H2,22,23,24)(H,25,26,27). The average Bonchev–Trinajstić information content (AvgIpc) is 2.63. The second-order valence-corrected chi connectivity index (χ2v) is 7.80. The number of rotatable bonds is 4. The lowest BCUT2D eigenvalue weighted by Crippen LogP contribution is -2.20. The van der Waals surface area contributed by atoms with Crippen molar-refractivity contribution in [2.24, 2.45) is 0 Å². The maximum absolute atomic E-state index is 12.5. The minimum atomic E-state index is -4.43. The molecule has 0 unspecified atom stereocenters. The van der Waals surface area contributed by atoms with Crippen LogP contribution in [0.15, 0.2) is 71.6 Å². The van der Waals surface area contributed by atoms with Crippen LogP contribution in [0.3, 0.4) is 0 Å². The Labute approximate surface area is 164 Å². The van der Waals surface area contributed by atoms with Crippen LogP contribution in [0.2, 0.25) is 0 Å². The van der Waals surface area contributed by atoms with Crippen LogP contribution in [0.4, 0.5) is 16.2 Å². The number of benzene rings is 3. The summed E-state index contributed by atoms with van der Waals surface area (Å²) in [6.45, 7) is 3.70. The molecule has 0 bridgehead atoms. The summed E-state index contributed by atoms with van der Waals surface area (Å²) in [6, 6.07) is 18.3. The van der Waals surface area contributed by atoms with E-state index in [1.165, 1.54) is 6.07 Å². The molecule has 0 aromatic heterocycles. The summed E-state index contributed by atoms with van der Waals surface area (Å²) in [6.07, 6.45) is 0. The van der Waals surface area contributed by atoms with E-state index in [1.54, 1.807) is 42.5 Å². The number of aryl methyl sites for hydroxylation is 2. The Morgan fingerprint density at radius 1 is 0.821 bits per heavy atom. The Morgan fingerprint density at radius 2 is 1.43 bits per heavy atom. The first-order valence-electron chi connectivity index (χ1n) is 8.57. The van der Waals surface area contributed by atoms with Crippen LogP contribution >= 0.6 is 0 Å². The normalized spacial score (nSPS) is 11.1. The lowest BCUT2D eigenvalue weighted by atomic mass is 10.0. The van der Waals surface area contributed by atoms with E-state index in [4.69, 9.17) is 0 Å². The van der Waals surface area contributed by atoms with Crippen LogP contribution in [-0.4, -0.2) is 19.0 Å². The van der Waals surface area contributed by atoms with Crippen molar-refractivity contribution >= 4 is 27.5 Å². The molecule has 0 radical (unpaired) electrons. The third kappa shape index (κ3) is 4.39. The molecule has 144 valence electrons. The molecule has 0 aliphatic rings. The van der Waals surface area contributed by atoms with Crippen molar-refractivity contribution in [3.63, 3.8) is 0 Å². The molecule has 0 aliphatic carbocycles.